The summed E-state index contributed by atoms with van der Waals surface area (Å²) in [6.45, 7) is 5.16. The summed E-state index contributed by atoms with van der Waals surface area (Å²) in [5, 5.41) is 3.09. The van der Waals surface area contributed by atoms with Gasteiger partial charge in [0.2, 0.25) is 11.8 Å². The van der Waals surface area contributed by atoms with Gasteiger partial charge in [-0.05, 0) is 44.7 Å². The fourth-order valence-electron chi connectivity index (χ4n) is 4.64. The van der Waals surface area contributed by atoms with Crippen LogP contribution in [0.25, 0.3) is 0 Å². The zero-order chi connectivity index (χ0) is 21.4. The molecule has 3 aliphatic rings. The van der Waals surface area contributed by atoms with Crippen LogP contribution in [0.5, 0.6) is 0 Å². The predicted molar refractivity (Wildman–Crippen MR) is 111 cm³/mol. The van der Waals surface area contributed by atoms with Crippen molar-refractivity contribution in [3.8, 4) is 0 Å². The summed E-state index contributed by atoms with van der Waals surface area (Å²) in [5.41, 5.74) is 1.65. The van der Waals surface area contributed by atoms with E-state index in [0.29, 0.717) is 51.0 Å². The van der Waals surface area contributed by atoms with E-state index < -0.39 is 6.04 Å². The molecule has 0 saturated carbocycles. The molecule has 1 N–H and O–H groups in total. The lowest BCUT2D eigenvalue weighted by Gasteiger charge is -2.35. The van der Waals surface area contributed by atoms with Crippen LogP contribution in [-0.2, 0) is 14.4 Å². The van der Waals surface area contributed by atoms with Gasteiger partial charge in [-0.2, -0.15) is 0 Å². The number of carbonyl (C=O) groups is 4. The highest BCUT2D eigenvalue weighted by atomic mass is 16.2. The number of benzene rings is 1. The Morgan fingerprint density at radius 2 is 1.67 bits per heavy atom. The van der Waals surface area contributed by atoms with E-state index in [1.165, 1.54) is 4.90 Å². The number of nitrogens with zero attached hydrogens (tertiary/aromatic N) is 3. The Hall–Kier alpha value is -2.90. The Kier molecular flexibility index (Phi) is 5.49. The van der Waals surface area contributed by atoms with Crippen LogP contribution in [0.2, 0.25) is 0 Å². The number of urea groups is 1. The van der Waals surface area contributed by atoms with Crippen molar-refractivity contribution in [1.82, 2.24) is 15.1 Å². The minimum atomic E-state index is -0.530. The van der Waals surface area contributed by atoms with E-state index in [-0.39, 0.29) is 35.7 Å². The number of piperidine rings is 2. The number of hydrogen-bond donors (Lipinski definition) is 1. The number of amides is 5. The van der Waals surface area contributed by atoms with Crippen molar-refractivity contribution in [2.75, 3.05) is 24.5 Å². The van der Waals surface area contributed by atoms with Crippen LogP contribution in [0.1, 0.15) is 38.2 Å². The molecule has 2 atom stereocenters. The molecule has 8 heteroatoms. The normalized spacial score (nSPS) is 24.8. The molecule has 5 amide bonds. The van der Waals surface area contributed by atoms with Crippen molar-refractivity contribution in [3.05, 3.63) is 29.8 Å². The summed E-state index contributed by atoms with van der Waals surface area (Å²) >= 11 is 0. The van der Waals surface area contributed by atoms with E-state index in [1.807, 2.05) is 19.1 Å². The molecule has 1 aromatic rings. The molecule has 0 bridgehead atoms. The second-order valence-electron chi connectivity index (χ2n) is 8.51. The van der Waals surface area contributed by atoms with Gasteiger partial charge in [-0.1, -0.05) is 17.7 Å². The summed E-state index contributed by atoms with van der Waals surface area (Å²) in [6, 6.07) is 6.40. The number of nitrogens with one attached hydrogen (secondary N) is 1. The Balaban J connectivity index is 1.37. The van der Waals surface area contributed by atoms with E-state index in [2.05, 4.69) is 5.32 Å². The maximum absolute atomic E-state index is 13.0. The largest absolute Gasteiger partial charge is 0.353 e. The van der Waals surface area contributed by atoms with Gasteiger partial charge in [-0.3, -0.25) is 14.4 Å². The lowest BCUT2D eigenvalue weighted by Crippen LogP contribution is -2.51. The zero-order valence-electron chi connectivity index (χ0n) is 17.5. The van der Waals surface area contributed by atoms with Gasteiger partial charge >= 0.3 is 6.03 Å². The number of imide groups is 1. The molecule has 0 aliphatic carbocycles. The Labute approximate surface area is 176 Å². The van der Waals surface area contributed by atoms with Crippen molar-refractivity contribution in [2.24, 2.45) is 5.92 Å². The highest BCUT2D eigenvalue weighted by molar-refractivity contribution is 6.21. The van der Waals surface area contributed by atoms with Crippen LogP contribution >= 0.6 is 0 Å². The molecular formula is C22H28N4O4. The molecule has 3 heterocycles. The molecule has 30 heavy (non-hydrogen) atoms. The van der Waals surface area contributed by atoms with Crippen molar-refractivity contribution >= 4 is 29.4 Å². The van der Waals surface area contributed by atoms with Crippen molar-refractivity contribution in [1.29, 1.82) is 0 Å². The molecule has 1 aromatic carbocycles. The monoisotopic (exact) mass is 412 g/mol. The van der Waals surface area contributed by atoms with E-state index in [1.54, 1.807) is 28.9 Å². The second kappa shape index (κ2) is 8.08. The van der Waals surface area contributed by atoms with Crippen LogP contribution in [-0.4, -0.2) is 65.3 Å². The third-order valence-electron chi connectivity index (χ3n) is 6.49. The Bertz CT molecular complexity index is 860. The summed E-state index contributed by atoms with van der Waals surface area (Å²) in [5.74, 6) is -0.297. The first-order valence-electron chi connectivity index (χ1n) is 10.6. The van der Waals surface area contributed by atoms with Gasteiger partial charge in [0.15, 0.2) is 0 Å². The number of rotatable bonds is 3. The molecule has 3 fully saturated rings. The van der Waals surface area contributed by atoms with Crippen molar-refractivity contribution in [2.45, 2.75) is 51.6 Å². The Morgan fingerprint density at radius 3 is 2.30 bits per heavy atom. The van der Waals surface area contributed by atoms with E-state index in [9.17, 15) is 19.2 Å². The molecule has 0 spiro atoms. The summed E-state index contributed by atoms with van der Waals surface area (Å²) < 4.78 is 0. The SMILES string of the molecule is CC(=O)N1CCC(C(=O)N[C@H]2CCN3C(=O)N(c4ccc(C)cc4)C(=O)[C@@H]3C2)CC1. The summed E-state index contributed by atoms with van der Waals surface area (Å²) in [4.78, 5) is 54.6. The minimum absolute atomic E-state index is 0.0104. The van der Waals surface area contributed by atoms with Crippen LogP contribution < -0.4 is 10.2 Å². The van der Waals surface area contributed by atoms with Crippen molar-refractivity contribution in [3.63, 3.8) is 0 Å². The van der Waals surface area contributed by atoms with Crippen LogP contribution in [0.15, 0.2) is 24.3 Å². The number of aryl methyl sites for hydroxylation is 1. The maximum atomic E-state index is 13.0. The molecule has 0 radical (unpaired) electrons. The van der Waals surface area contributed by atoms with Gasteiger partial charge in [-0.15, -0.1) is 0 Å². The quantitative estimate of drug-likeness (QED) is 0.765. The smallest absolute Gasteiger partial charge is 0.332 e. The van der Waals surface area contributed by atoms with Gasteiger partial charge < -0.3 is 15.1 Å². The maximum Gasteiger partial charge on any atom is 0.332 e. The average molecular weight is 412 g/mol. The average Bonchev–Trinajstić information content (AvgIpc) is 2.98. The molecule has 0 aromatic heterocycles. The van der Waals surface area contributed by atoms with E-state index in [0.717, 1.165) is 5.56 Å². The number of carbonyl (C=O) groups excluding carboxylic acids is 4. The zero-order valence-corrected chi connectivity index (χ0v) is 17.5. The number of likely N-dealkylation sites (tertiary alicyclic amines) is 1. The minimum Gasteiger partial charge on any atom is -0.353 e. The van der Waals surface area contributed by atoms with Crippen LogP contribution in [0.4, 0.5) is 10.5 Å². The van der Waals surface area contributed by atoms with Gasteiger partial charge in [0.25, 0.3) is 5.91 Å². The predicted octanol–water partition coefficient (Wildman–Crippen LogP) is 1.67. The molecule has 3 saturated heterocycles. The first kappa shape index (κ1) is 20.4. The molecule has 8 nitrogen and oxygen atoms in total. The summed E-state index contributed by atoms with van der Waals surface area (Å²) in [7, 11) is 0. The fourth-order valence-corrected chi connectivity index (χ4v) is 4.64. The molecule has 160 valence electrons. The third kappa shape index (κ3) is 3.78. The van der Waals surface area contributed by atoms with Crippen LogP contribution in [0.3, 0.4) is 0 Å². The highest BCUT2D eigenvalue weighted by Gasteiger charge is 2.48. The van der Waals surface area contributed by atoms with Gasteiger partial charge in [0.05, 0.1) is 5.69 Å². The van der Waals surface area contributed by atoms with Gasteiger partial charge in [-0.25, -0.2) is 9.69 Å². The lowest BCUT2D eigenvalue weighted by atomic mass is 9.93. The highest BCUT2D eigenvalue weighted by Crippen LogP contribution is 2.31. The number of hydrogen-bond acceptors (Lipinski definition) is 4. The topological polar surface area (TPSA) is 90.0 Å². The van der Waals surface area contributed by atoms with E-state index >= 15 is 0 Å². The molecule has 0 unspecified atom stereocenters. The van der Waals surface area contributed by atoms with E-state index in [4.69, 9.17) is 0 Å². The summed E-state index contributed by atoms with van der Waals surface area (Å²) in [6.07, 6.45) is 2.39. The molecule has 4 rings (SSSR count). The van der Waals surface area contributed by atoms with Crippen molar-refractivity contribution < 1.29 is 19.2 Å². The number of fused-ring (bicyclic) bond motifs is 1. The molecule has 3 aliphatic heterocycles. The van der Waals surface area contributed by atoms with Gasteiger partial charge in [0, 0.05) is 38.5 Å². The third-order valence-corrected chi connectivity index (χ3v) is 6.49. The first-order valence-corrected chi connectivity index (χ1v) is 10.6. The van der Waals surface area contributed by atoms with Gasteiger partial charge in [0.1, 0.15) is 6.04 Å². The lowest BCUT2D eigenvalue weighted by molar-refractivity contribution is -0.134. The first-order chi connectivity index (χ1) is 14.3. The fraction of sp³-hybridized carbons (Fsp3) is 0.545. The Morgan fingerprint density at radius 1 is 1.00 bits per heavy atom. The standard InChI is InChI=1S/C22H28N4O4/c1-14-3-5-18(6-4-14)26-21(29)19-13-17(9-12-25(19)22(26)30)23-20(28)16-7-10-24(11-8-16)15(2)27/h3-6,16-17,19H,7-13H2,1-2H3,(H,23,28)/t17-,19-/m0/s1. The molecular weight excluding hydrogens is 384 g/mol. The van der Waals surface area contributed by atoms with Crippen LogP contribution in [0, 0.1) is 12.8 Å². The second-order valence-corrected chi connectivity index (χ2v) is 8.51. The number of anilines is 1.